The average molecular weight is 314 g/mol. The monoisotopic (exact) mass is 313 g/mol. The van der Waals surface area contributed by atoms with E-state index in [4.69, 9.17) is 16.4 Å². The molecule has 0 bridgehead atoms. The van der Waals surface area contributed by atoms with Crippen LogP contribution in [0.4, 0.5) is 0 Å². The molecular weight excluding hydrogens is 298 g/mol. The normalized spacial score (nSPS) is 15.5. The molecule has 0 spiro atoms. The minimum atomic E-state index is -0.0146. The molecule has 1 aliphatic rings. The molecule has 0 aliphatic heterocycles. The summed E-state index contributed by atoms with van der Waals surface area (Å²) in [6.45, 7) is 0. The topological polar surface area (TPSA) is 38.7 Å². The highest BCUT2D eigenvalue weighted by atomic mass is 35.5. The van der Waals surface area contributed by atoms with Gasteiger partial charge in [0.2, 0.25) is 0 Å². The van der Waals surface area contributed by atoms with Crippen molar-refractivity contribution in [2.75, 3.05) is 7.11 Å². The maximum atomic E-state index is 12.8. The summed E-state index contributed by atoms with van der Waals surface area (Å²) in [6.07, 6.45) is 2.80. The van der Waals surface area contributed by atoms with Gasteiger partial charge in [-0.15, -0.1) is 0 Å². The molecule has 22 heavy (non-hydrogen) atoms. The zero-order valence-electron chi connectivity index (χ0n) is 12.3. The summed E-state index contributed by atoms with van der Waals surface area (Å²) in [5.74, 6) is -0.0146. The maximum absolute atomic E-state index is 12.8. The van der Waals surface area contributed by atoms with E-state index in [2.05, 4.69) is 11.2 Å². The molecule has 0 N–H and O–H groups in total. The maximum Gasteiger partial charge on any atom is 0.193 e. The van der Waals surface area contributed by atoms with Gasteiger partial charge < -0.3 is 4.84 Å². The molecule has 2 aromatic carbocycles. The number of halogens is 1. The van der Waals surface area contributed by atoms with Crippen molar-refractivity contribution >= 4 is 23.1 Å². The van der Waals surface area contributed by atoms with E-state index in [1.807, 2.05) is 12.1 Å². The summed E-state index contributed by atoms with van der Waals surface area (Å²) in [4.78, 5) is 17.8. The smallest absolute Gasteiger partial charge is 0.193 e. The van der Waals surface area contributed by atoms with E-state index in [0.29, 0.717) is 16.1 Å². The van der Waals surface area contributed by atoms with E-state index in [1.165, 1.54) is 7.11 Å². The van der Waals surface area contributed by atoms with E-state index in [0.717, 1.165) is 36.1 Å². The Kier molecular flexibility index (Phi) is 4.25. The number of hydrogen-bond acceptors (Lipinski definition) is 3. The Morgan fingerprint density at radius 2 is 1.91 bits per heavy atom. The minimum Gasteiger partial charge on any atom is -0.399 e. The fraction of sp³-hybridized carbons (Fsp3) is 0.222. The van der Waals surface area contributed by atoms with Crippen molar-refractivity contribution in [2.45, 2.75) is 19.3 Å². The summed E-state index contributed by atoms with van der Waals surface area (Å²) < 4.78 is 0. The third-order valence-electron chi connectivity index (χ3n) is 3.85. The summed E-state index contributed by atoms with van der Waals surface area (Å²) in [7, 11) is 1.53. The molecule has 4 heteroatoms. The first-order valence-corrected chi connectivity index (χ1v) is 7.61. The van der Waals surface area contributed by atoms with Crippen molar-refractivity contribution in [3.8, 4) is 0 Å². The number of ketones is 1. The largest absolute Gasteiger partial charge is 0.399 e. The van der Waals surface area contributed by atoms with Gasteiger partial charge >= 0.3 is 0 Å². The summed E-state index contributed by atoms with van der Waals surface area (Å²) in [5, 5.41) is 4.74. The van der Waals surface area contributed by atoms with Crippen LogP contribution in [-0.4, -0.2) is 18.6 Å². The van der Waals surface area contributed by atoms with Gasteiger partial charge in [0.05, 0.1) is 5.71 Å². The van der Waals surface area contributed by atoms with Crippen molar-refractivity contribution in [1.29, 1.82) is 0 Å². The van der Waals surface area contributed by atoms with Gasteiger partial charge in [-0.05, 0) is 49.1 Å². The van der Waals surface area contributed by atoms with Crippen molar-refractivity contribution in [2.24, 2.45) is 5.16 Å². The van der Waals surface area contributed by atoms with E-state index < -0.39 is 0 Å². The fourth-order valence-electron chi connectivity index (χ4n) is 2.87. The molecule has 0 saturated carbocycles. The Hall–Kier alpha value is -2.13. The summed E-state index contributed by atoms with van der Waals surface area (Å²) in [5.41, 5.74) is 4.23. The van der Waals surface area contributed by atoms with Crippen LogP contribution < -0.4 is 0 Å². The molecule has 0 saturated heterocycles. The van der Waals surface area contributed by atoms with Gasteiger partial charge in [-0.25, -0.2) is 0 Å². The Morgan fingerprint density at radius 1 is 1.14 bits per heavy atom. The van der Waals surface area contributed by atoms with Crippen molar-refractivity contribution < 1.29 is 9.63 Å². The predicted molar refractivity (Wildman–Crippen MR) is 87.8 cm³/mol. The van der Waals surface area contributed by atoms with Crippen LogP contribution in [0.15, 0.2) is 47.6 Å². The van der Waals surface area contributed by atoms with Crippen LogP contribution in [0.3, 0.4) is 0 Å². The molecule has 3 nitrogen and oxygen atoms in total. The molecule has 3 rings (SSSR count). The lowest BCUT2D eigenvalue weighted by Crippen LogP contribution is -2.18. The van der Waals surface area contributed by atoms with E-state index in [-0.39, 0.29) is 5.78 Å². The van der Waals surface area contributed by atoms with Gasteiger partial charge in [0.1, 0.15) is 7.11 Å². The minimum absolute atomic E-state index is 0.0146. The lowest BCUT2D eigenvalue weighted by Gasteiger charge is -2.20. The lowest BCUT2D eigenvalue weighted by molar-refractivity contribution is 0.103. The van der Waals surface area contributed by atoms with Crippen molar-refractivity contribution in [3.05, 3.63) is 69.7 Å². The zero-order valence-corrected chi connectivity index (χ0v) is 13.1. The van der Waals surface area contributed by atoms with Crippen molar-refractivity contribution in [3.63, 3.8) is 0 Å². The van der Waals surface area contributed by atoms with Crippen LogP contribution in [0.2, 0.25) is 5.02 Å². The average Bonchev–Trinajstić information content (AvgIpc) is 2.55. The number of oxime groups is 1. The van der Waals surface area contributed by atoms with Gasteiger partial charge in [0.15, 0.2) is 5.78 Å². The molecule has 0 heterocycles. The highest BCUT2D eigenvalue weighted by Crippen LogP contribution is 2.27. The van der Waals surface area contributed by atoms with E-state index in [9.17, 15) is 4.79 Å². The first-order chi connectivity index (χ1) is 10.7. The Labute approximate surface area is 134 Å². The number of hydrogen-bond donors (Lipinski definition) is 0. The molecule has 0 atom stereocenters. The van der Waals surface area contributed by atoms with Crippen LogP contribution in [0.25, 0.3) is 0 Å². The molecule has 1 aliphatic carbocycles. The number of carbonyl (C=O) groups excluding carboxylic acids is 1. The molecule has 0 amide bonds. The number of nitrogens with zero attached hydrogens (tertiary/aromatic N) is 1. The second-order valence-electron chi connectivity index (χ2n) is 5.25. The van der Waals surface area contributed by atoms with Crippen LogP contribution >= 0.6 is 11.6 Å². The van der Waals surface area contributed by atoms with Crippen LogP contribution in [0, 0.1) is 0 Å². The summed E-state index contributed by atoms with van der Waals surface area (Å²) in [6, 6.07) is 12.8. The molecule has 0 aromatic heterocycles. The highest BCUT2D eigenvalue weighted by molar-refractivity contribution is 6.30. The van der Waals surface area contributed by atoms with Gasteiger partial charge in [0, 0.05) is 21.7 Å². The molecule has 0 radical (unpaired) electrons. The molecule has 112 valence electrons. The van der Waals surface area contributed by atoms with Crippen LogP contribution in [0.5, 0.6) is 0 Å². The Morgan fingerprint density at radius 3 is 2.64 bits per heavy atom. The molecular formula is C18H16ClNO2. The van der Waals surface area contributed by atoms with E-state index >= 15 is 0 Å². The number of aryl methyl sites for hydroxylation is 1. The third kappa shape index (κ3) is 2.77. The lowest BCUT2D eigenvalue weighted by atomic mass is 9.84. The third-order valence-corrected chi connectivity index (χ3v) is 4.10. The van der Waals surface area contributed by atoms with Gasteiger partial charge in [-0.3, -0.25) is 4.79 Å². The van der Waals surface area contributed by atoms with Gasteiger partial charge in [-0.2, -0.15) is 0 Å². The van der Waals surface area contributed by atoms with Crippen LogP contribution in [-0.2, 0) is 11.3 Å². The fourth-order valence-corrected chi connectivity index (χ4v) is 2.99. The number of rotatable bonds is 3. The summed E-state index contributed by atoms with van der Waals surface area (Å²) >= 11 is 5.90. The number of carbonyl (C=O) groups is 1. The van der Waals surface area contributed by atoms with Gasteiger partial charge in [0.25, 0.3) is 0 Å². The number of fused-ring (bicyclic) bond motifs is 1. The first kappa shape index (κ1) is 14.8. The van der Waals surface area contributed by atoms with Crippen molar-refractivity contribution in [1.82, 2.24) is 0 Å². The Balaban J connectivity index is 2.10. The predicted octanol–water partition coefficient (Wildman–Crippen LogP) is 4.26. The number of benzene rings is 2. The van der Waals surface area contributed by atoms with E-state index in [1.54, 1.807) is 24.3 Å². The molecule has 2 aromatic rings. The molecule has 0 unspecified atom stereocenters. The Bertz CT molecular complexity index is 735. The molecule has 0 fully saturated rings. The highest BCUT2D eigenvalue weighted by Gasteiger charge is 2.23. The SMILES string of the molecule is CO/N=C1\CCCc2cccc(C(=O)c3ccc(Cl)cc3)c21. The second kappa shape index (κ2) is 6.32. The quantitative estimate of drug-likeness (QED) is 0.627. The van der Waals surface area contributed by atoms with Gasteiger partial charge in [-0.1, -0.05) is 35.0 Å². The zero-order chi connectivity index (χ0) is 15.5. The standard InChI is InChI=1S/C18H16ClNO2/c1-22-20-16-7-3-5-12-4-2-6-15(17(12)16)18(21)13-8-10-14(19)11-9-13/h2,4,6,8-11H,3,5,7H2,1H3/b20-16+. The second-order valence-corrected chi connectivity index (χ2v) is 5.69. The first-order valence-electron chi connectivity index (χ1n) is 7.23. The van der Waals surface area contributed by atoms with Crippen LogP contribution in [0.1, 0.15) is 39.9 Å².